The van der Waals surface area contributed by atoms with Crippen LogP contribution in [-0.2, 0) is 4.79 Å². The van der Waals surface area contributed by atoms with E-state index in [1.54, 1.807) is 24.1 Å². The van der Waals surface area contributed by atoms with E-state index in [2.05, 4.69) is 21.5 Å². The number of piperazine rings is 1. The second-order valence-electron chi connectivity index (χ2n) is 10.7. The van der Waals surface area contributed by atoms with Crippen LogP contribution in [0.25, 0.3) is 28.0 Å². The van der Waals surface area contributed by atoms with Gasteiger partial charge in [0.15, 0.2) is 23.1 Å². The molecule has 43 heavy (non-hydrogen) atoms. The molecule has 1 aliphatic rings. The Morgan fingerprint density at radius 2 is 1.91 bits per heavy atom. The minimum atomic E-state index is -1.71. The van der Waals surface area contributed by atoms with Crippen molar-refractivity contribution >= 4 is 22.8 Å². The van der Waals surface area contributed by atoms with E-state index in [0.717, 1.165) is 12.1 Å². The number of pyridine rings is 2. The number of aromatic nitrogens is 4. The predicted molar refractivity (Wildman–Crippen MR) is 155 cm³/mol. The van der Waals surface area contributed by atoms with Crippen molar-refractivity contribution in [3.8, 4) is 23.0 Å². The Morgan fingerprint density at radius 3 is 2.56 bits per heavy atom. The standard InChI is InChI=1S/C31H28F3N7O2/c1-6-23(42)39-11-12-40(18(5)15-39)29-21-13-19(14-35)27(20-7-8-22(32)25(34)24(20)33)37-30(21)41(31(43)38-29)28-17(4)9-10-36-26(28)16(2)3/h6-10,13,16,18H,1,11-12,15H2,2-5H3/t18-/m0/s1. The molecule has 220 valence electrons. The zero-order valence-electron chi connectivity index (χ0n) is 24.0. The number of rotatable bonds is 5. The first-order valence-corrected chi connectivity index (χ1v) is 13.6. The number of aryl methyl sites for hydroxylation is 1. The van der Waals surface area contributed by atoms with Gasteiger partial charge in [-0.05, 0) is 55.7 Å². The zero-order valence-corrected chi connectivity index (χ0v) is 24.0. The lowest BCUT2D eigenvalue weighted by Gasteiger charge is -2.40. The largest absolute Gasteiger partial charge is 0.355 e. The van der Waals surface area contributed by atoms with Crippen molar-refractivity contribution in [1.29, 1.82) is 5.26 Å². The summed E-state index contributed by atoms with van der Waals surface area (Å²) < 4.78 is 44.4. The SMILES string of the molecule is C=CC(=O)N1CCN(c2nc(=O)n(-c3c(C)ccnc3C(C)C)c3nc(-c4ccc(F)c(F)c4F)c(C#N)cc23)[C@@H](C)C1. The van der Waals surface area contributed by atoms with Gasteiger partial charge in [-0.3, -0.25) is 9.78 Å². The summed E-state index contributed by atoms with van der Waals surface area (Å²) in [5.41, 5.74) is 0.183. The molecular formula is C31H28F3N7O2. The highest BCUT2D eigenvalue weighted by Crippen LogP contribution is 2.35. The smallest absolute Gasteiger partial charge is 0.350 e. The van der Waals surface area contributed by atoms with Crippen molar-refractivity contribution in [3.63, 3.8) is 0 Å². The van der Waals surface area contributed by atoms with Crippen LogP contribution in [0.4, 0.5) is 19.0 Å². The number of benzene rings is 1. The van der Waals surface area contributed by atoms with Crippen LogP contribution in [0, 0.1) is 35.7 Å². The van der Waals surface area contributed by atoms with Gasteiger partial charge in [-0.1, -0.05) is 20.4 Å². The Labute approximate surface area is 245 Å². The van der Waals surface area contributed by atoms with E-state index in [0.29, 0.717) is 42.0 Å². The van der Waals surface area contributed by atoms with E-state index in [9.17, 15) is 23.6 Å². The lowest BCUT2D eigenvalue weighted by atomic mass is 10.0. The number of halogens is 3. The van der Waals surface area contributed by atoms with Crippen molar-refractivity contribution < 1.29 is 18.0 Å². The molecule has 0 N–H and O–H groups in total. The van der Waals surface area contributed by atoms with Gasteiger partial charge in [-0.25, -0.2) is 27.5 Å². The predicted octanol–water partition coefficient (Wildman–Crippen LogP) is 4.79. The molecule has 0 unspecified atom stereocenters. The molecule has 3 aromatic heterocycles. The quantitative estimate of drug-likeness (QED) is 0.244. The van der Waals surface area contributed by atoms with Crippen LogP contribution >= 0.6 is 0 Å². The fourth-order valence-electron chi connectivity index (χ4n) is 5.44. The van der Waals surface area contributed by atoms with E-state index in [1.807, 2.05) is 31.7 Å². The Morgan fingerprint density at radius 1 is 1.16 bits per heavy atom. The summed E-state index contributed by atoms with van der Waals surface area (Å²) in [7, 11) is 0. The number of hydrogen-bond donors (Lipinski definition) is 0. The number of amides is 1. The Balaban J connectivity index is 1.86. The van der Waals surface area contributed by atoms with Crippen molar-refractivity contribution in [2.24, 2.45) is 0 Å². The zero-order chi connectivity index (χ0) is 31.2. The van der Waals surface area contributed by atoms with Crippen LogP contribution in [0.15, 0.2) is 47.9 Å². The molecule has 0 bridgehead atoms. The third-order valence-corrected chi connectivity index (χ3v) is 7.57. The average molecular weight is 588 g/mol. The maximum absolute atomic E-state index is 15.1. The highest BCUT2D eigenvalue weighted by Gasteiger charge is 2.31. The Bertz CT molecular complexity index is 1900. The summed E-state index contributed by atoms with van der Waals surface area (Å²) in [5, 5.41) is 10.4. The van der Waals surface area contributed by atoms with Crippen molar-refractivity contribution in [1.82, 2.24) is 24.4 Å². The van der Waals surface area contributed by atoms with Crippen LogP contribution in [0.1, 0.15) is 43.5 Å². The minimum absolute atomic E-state index is 0.0305. The summed E-state index contributed by atoms with van der Waals surface area (Å²) in [6.07, 6.45) is 2.86. The van der Waals surface area contributed by atoms with E-state index < -0.39 is 28.7 Å². The third kappa shape index (κ3) is 5.01. The molecule has 12 heteroatoms. The molecule has 4 aromatic rings. The van der Waals surface area contributed by atoms with E-state index in [4.69, 9.17) is 0 Å². The highest BCUT2D eigenvalue weighted by molar-refractivity contribution is 5.92. The van der Waals surface area contributed by atoms with Crippen molar-refractivity contribution in [3.05, 3.63) is 87.9 Å². The monoisotopic (exact) mass is 587 g/mol. The van der Waals surface area contributed by atoms with E-state index >= 15 is 4.39 Å². The van der Waals surface area contributed by atoms with Gasteiger partial charge in [0, 0.05) is 37.4 Å². The second kappa shape index (κ2) is 11.3. The highest BCUT2D eigenvalue weighted by atomic mass is 19.2. The topological polar surface area (TPSA) is 108 Å². The normalized spacial score (nSPS) is 15.2. The van der Waals surface area contributed by atoms with Crippen LogP contribution in [0.5, 0.6) is 0 Å². The van der Waals surface area contributed by atoms with Crippen LogP contribution < -0.4 is 10.6 Å². The van der Waals surface area contributed by atoms with Gasteiger partial charge < -0.3 is 9.80 Å². The summed E-state index contributed by atoms with van der Waals surface area (Å²) in [6.45, 7) is 12.0. The summed E-state index contributed by atoms with van der Waals surface area (Å²) in [4.78, 5) is 43.2. The molecule has 0 aliphatic carbocycles. The molecule has 9 nitrogen and oxygen atoms in total. The molecule has 1 fully saturated rings. The first kappa shape index (κ1) is 29.4. The second-order valence-corrected chi connectivity index (χ2v) is 10.7. The first-order chi connectivity index (χ1) is 20.5. The minimum Gasteiger partial charge on any atom is -0.350 e. The molecule has 1 saturated heterocycles. The molecule has 5 rings (SSSR count). The van der Waals surface area contributed by atoms with Crippen molar-refractivity contribution in [2.45, 2.75) is 39.7 Å². The molecule has 0 radical (unpaired) electrons. The molecule has 1 aliphatic heterocycles. The van der Waals surface area contributed by atoms with Gasteiger partial charge in [0.25, 0.3) is 0 Å². The van der Waals surface area contributed by atoms with Crippen LogP contribution in [0.2, 0.25) is 0 Å². The Hall–Kier alpha value is -5.05. The molecule has 4 heterocycles. The van der Waals surface area contributed by atoms with Gasteiger partial charge >= 0.3 is 5.69 Å². The van der Waals surface area contributed by atoms with Gasteiger partial charge in [-0.2, -0.15) is 10.2 Å². The summed E-state index contributed by atoms with van der Waals surface area (Å²) in [5.74, 6) is -4.72. The van der Waals surface area contributed by atoms with Gasteiger partial charge in [-0.15, -0.1) is 0 Å². The molecular weight excluding hydrogens is 559 g/mol. The average Bonchev–Trinajstić information content (AvgIpc) is 2.99. The molecule has 1 amide bonds. The number of nitrogens with zero attached hydrogens (tertiary/aromatic N) is 7. The molecule has 1 atom stereocenters. The maximum atomic E-state index is 15.1. The number of anilines is 1. The number of carbonyl (C=O) groups is 1. The fraction of sp³-hybridized carbons (Fsp3) is 0.290. The van der Waals surface area contributed by atoms with Crippen molar-refractivity contribution in [2.75, 3.05) is 24.5 Å². The van der Waals surface area contributed by atoms with E-state index in [1.165, 1.54) is 16.7 Å². The lowest BCUT2D eigenvalue weighted by molar-refractivity contribution is -0.126. The lowest BCUT2D eigenvalue weighted by Crippen LogP contribution is -2.54. The Kier molecular flexibility index (Phi) is 7.75. The van der Waals surface area contributed by atoms with Crippen LogP contribution in [-0.4, -0.2) is 56.0 Å². The number of hydrogen-bond acceptors (Lipinski definition) is 7. The third-order valence-electron chi connectivity index (χ3n) is 7.57. The van der Waals surface area contributed by atoms with Crippen LogP contribution in [0.3, 0.4) is 0 Å². The molecule has 0 spiro atoms. The molecule has 1 aromatic carbocycles. The van der Waals surface area contributed by atoms with Gasteiger partial charge in [0.1, 0.15) is 11.9 Å². The van der Waals surface area contributed by atoms with Gasteiger partial charge in [0.2, 0.25) is 5.91 Å². The summed E-state index contributed by atoms with van der Waals surface area (Å²) >= 11 is 0. The number of fused-ring (bicyclic) bond motifs is 1. The van der Waals surface area contributed by atoms with Gasteiger partial charge in [0.05, 0.1) is 28.0 Å². The summed E-state index contributed by atoms with van der Waals surface area (Å²) in [6, 6.07) is 6.59. The van der Waals surface area contributed by atoms with E-state index in [-0.39, 0.29) is 40.6 Å². The molecule has 0 saturated carbocycles. The first-order valence-electron chi connectivity index (χ1n) is 13.6. The maximum Gasteiger partial charge on any atom is 0.355 e. The number of carbonyl (C=O) groups excluding carboxylic acids is 1. The fourth-order valence-corrected chi connectivity index (χ4v) is 5.44. The number of nitriles is 1.